The van der Waals surface area contributed by atoms with E-state index >= 15 is 0 Å². The smallest absolute Gasteiger partial charge is 0.262 e. The summed E-state index contributed by atoms with van der Waals surface area (Å²) in [6.45, 7) is 7.17. The van der Waals surface area contributed by atoms with E-state index in [0.717, 1.165) is 10.5 Å². The van der Waals surface area contributed by atoms with E-state index < -0.39 is 9.96 Å². The molecule has 1 saturated heterocycles. The molecule has 0 saturated carbocycles. The maximum atomic E-state index is 12.6. The summed E-state index contributed by atoms with van der Waals surface area (Å²) in [7, 11) is 0. The van der Waals surface area contributed by atoms with E-state index in [1.165, 1.54) is 0 Å². The Bertz CT molecular complexity index is 553. The first-order chi connectivity index (χ1) is 10.7. The lowest BCUT2D eigenvalue weighted by Crippen LogP contribution is -3.22. The summed E-state index contributed by atoms with van der Waals surface area (Å²) in [6, 6.07) is 7.35. The molecule has 1 aromatic carbocycles. The van der Waals surface area contributed by atoms with Crippen LogP contribution < -0.4 is 10.2 Å². The average Bonchev–Trinajstić information content (AvgIpc) is 2.42. The molecule has 1 aromatic rings. The molecule has 1 fully saturated rings. The highest BCUT2D eigenvalue weighted by atomic mass is 35.6. The van der Waals surface area contributed by atoms with Crippen molar-refractivity contribution in [2.45, 2.75) is 42.9 Å². The van der Waals surface area contributed by atoms with Crippen molar-refractivity contribution in [1.29, 1.82) is 0 Å². The summed E-state index contributed by atoms with van der Waals surface area (Å²) >= 11 is 18.5. The number of carbonyl (C=O) groups excluding carboxylic acids is 1. The second kappa shape index (κ2) is 7.58. The summed E-state index contributed by atoms with van der Waals surface area (Å²) in [6.07, 6.45) is -0.564. The number of hydrogen-bond acceptors (Lipinski definition) is 2. The molecule has 0 bridgehead atoms. The van der Waals surface area contributed by atoms with Crippen LogP contribution in [0.3, 0.4) is 0 Å². The number of benzene rings is 1. The van der Waals surface area contributed by atoms with Crippen molar-refractivity contribution in [2.24, 2.45) is 0 Å². The number of carbonyl (C=O) groups is 1. The molecular weight excluding hydrogens is 359 g/mol. The van der Waals surface area contributed by atoms with E-state index in [1.54, 1.807) is 6.07 Å². The molecule has 23 heavy (non-hydrogen) atoms. The van der Waals surface area contributed by atoms with Crippen molar-refractivity contribution >= 4 is 40.7 Å². The van der Waals surface area contributed by atoms with Gasteiger partial charge in [0.25, 0.3) is 9.70 Å². The summed E-state index contributed by atoms with van der Waals surface area (Å²) in [5.74, 6) is -0.237. The molecule has 7 heteroatoms. The highest BCUT2D eigenvalue weighted by molar-refractivity contribution is 6.68. The normalized spacial score (nSPS) is 26.6. The Kier molecular flexibility index (Phi) is 6.20. The van der Waals surface area contributed by atoms with E-state index in [4.69, 9.17) is 39.5 Å². The van der Waals surface area contributed by atoms with E-state index in [9.17, 15) is 4.79 Å². The molecule has 1 aliphatic heterocycles. The van der Waals surface area contributed by atoms with E-state index in [0.29, 0.717) is 18.7 Å². The largest absolute Gasteiger partial charge is 0.364 e. The van der Waals surface area contributed by atoms with Gasteiger partial charge in [-0.2, -0.15) is 0 Å². The predicted molar refractivity (Wildman–Crippen MR) is 93.4 cm³/mol. The molecule has 128 valence electrons. The van der Waals surface area contributed by atoms with Gasteiger partial charge in [0.05, 0.1) is 0 Å². The minimum atomic E-state index is -1.61. The molecule has 2 N–H and O–H groups in total. The number of morpholine rings is 1. The maximum Gasteiger partial charge on any atom is 0.262 e. The van der Waals surface area contributed by atoms with Gasteiger partial charge >= 0.3 is 0 Å². The summed E-state index contributed by atoms with van der Waals surface area (Å²) < 4.78 is 4.12. The van der Waals surface area contributed by atoms with Gasteiger partial charge < -0.3 is 9.64 Å². The first-order valence-electron chi connectivity index (χ1n) is 7.61. The van der Waals surface area contributed by atoms with Gasteiger partial charge in [0.15, 0.2) is 0 Å². The Hall–Kier alpha value is -0.520. The molecule has 0 aromatic heterocycles. The zero-order chi connectivity index (χ0) is 17.2. The number of alkyl halides is 3. The van der Waals surface area contributed by atoms with Crippen LogP contribution in [0.2, 0.25) is 0 Å². The number of hydrogen-bond donors (Lipinski definition) is 2. The number of amides is 1. The third-order valence-corrected chi connectivity index (χ3v) is 4.62. The first-order valence-corrected chi connectivity index (χ1v) is 8.75. The summed E-state index contributed by atoms with van der Waals surface area (Å²) in [5, 5.41) is 2.90. The van der Waals surface area contributed by atoms with Gasteiger partial charge in [-0.1, -0.05) is 53.0 Å². The molecule has 0 radical (unpaired) electrons. The molecule has 4 nitrogen and oxygen atoms in total. The Morgan fingerprint density at radius 2 is 1.83 bits per heavy atom. The third-order valence-electron chi connectivity index (χ3n) is 3.96. The molecule has 3 atom stereocenters. The van der Waals surface area contributed by atoms with E-state index in [-0.39, 0.29) is 18.1 Å². The van der Waals surface area contributed by atoms with Crippen LogP contribution in [0.4, 0.5) is 0 Å². The summed E-state index contributed by atoms with van der Waals surface area (Å²) in [4.78, 5) is 13.6. The molecular formula is C16H22Cl3N2O2+. The standard InChI is InChI=1S/C16H21Cl3N2O2/c1-10-6-4-5-7-13(10)14(22)20-15(16(17,18)19)21-8-11(2)23-12(3)9-21/h4-7,11-12,15H,8-9H2,1-3H3,(H,20,22)/p+1/t11-,12-,15-/m1/s1. The molecule has 0 spiro atoms. The fraction of sp³-hybridized carbons (Fsp3) is 0.562. The zero-order valence-electron chi connectivity index (χ0n) is 13.4. The van der Waals surface area contributed by atoms with Gasteiger partial charge in [0.2, 0.25) is 6.17 Å². The minimum absolute atomic E-state index is 0.0407. The van der Waals surface area contributed by atoms with Crippen LogP contribution in [0.1, 0.15) is 29.8 Å². The molecule has 2 rings (SSSR count). The van der Waals surface area contributed by atoms with E-state index in [2.05, 4.69) is 5.32 Å². The second-order valence-corrected chi connectivity index (χ2v) is 8.46. The molecule has 1 amide bonds. The number of ether oxygens (including phenoxy) is 1. The lowest BCUT2D eigenvalue weighted by molar-refractivity contribution is -0.941. The van der Waals surface area contributed by atoms with Crippen LogP contribution in [0.5, 0.6) is 0 Å². The number of halogens is 3. The van der Waals surface area contributed by atoms with E-state index in [1.807, 2.05) is 39.0 Å². The monoisotopic (exact) mass is 379 g/mol. The van der Waals surface area contributed by atoms with Crippen LogP contribution in [0.25, 0.3) is 0 Å². The number of rotatable bonds is 3. The Morgan fingerprint density at radius 1 is 1.26 bits per heavy atom. The Labute approximate surface area is 152 Å². The number of quaternary nitrogens is 1. The number of nitrogens with one attached hydrogen (secondary N) is 2. The first kappa shape index (κ1) is 18.8. The Balaban J connectivity index is 2.20. The summed E-state index contributed by atoms with van der Waals surface area (Å²) in [5.41, 5.74) is 1.47. The van der Waals surface area contributed by atoms with Crippen molar-refractivity contribution < 1.29 is 14.4 Å². The average molecular weight is 381 g/mol. The van der Waals surface area contributed by atoms with Crippen molar-refractivity contribution in [3.8, 4) is 0 Å². The van der Waals surface area contributed by atoms with Gasteiger partial charge in [0, 0.05) is 5.56 Å². The van der Waals surface area contributed by atoms with Crippen LogP contribution in [0.15, 0.2) is 24.3 Å². The Morgan fingerprint density at radius 3 is 2.35 bits per heavy atom. The van der Waals surface area contributed by atoms with Crippen LogP contribution in [-0.2, 0) is 4.74 Å². The fourth-order valence-corrected chi connectivity index (χ4v) is 3.63. The van der Waals surface area contributed by atoms with Crippen molar-refractivity contribution in [3.63, 3.8) is 0 Å². The van der Waals surface area contributed by atoms with Crippen molar-refractivity contribution in [1.82, 2.24) is 5.32 Å². The van der Waals surface area contributed by atoms with Gasteiger partial charge in [-0.05, 0) is 32.4 Å². The van der Waals surface area contributed by atoms with Crippen LogP contribution in [-0.4, -0.2) is 41.2 Å². The quantitative estimate of drug-likeness (QED) is 0.789. The maximum absolute atomic E-state index is 12.6. The molecule has 1 aliphatic rings. The van der Waals surface area contributed by atoms with Crippen LogP contribution in [0, 0.1) is 6.92 Å². The highest BCUT2D eigenvalue weighted by Gasteiger charge is 2.45. The lowest BCUT2D eigenvalue weighted by Gasteiger charge is -2.39. The number of aryl methyl sites for hydroxylation is 1. The minimum Gasteiger partial charge on any atom is -0.364 e. The zero-order valence-corrected chi connectivity index (χ0v) is 15.7. The molecule has 0 unspecified atom stereocenters. The topological polar surface area (TPSA) is 42.8 Å². The third kappa shape index (κ3) is 4.97. The van der Waals surface area contributed by atoms with Crippen molar-refractivity contribution in [2.75, 3.05) is 13.1 Å². The SMILES string of the molecule is Cc1ccccc1C(=O)N[C@H]([NH+]1C[C@@H](C)O[C@H](C)C1)C(Cl)(Cl)Cl. The van der Waals surface area contributed by atoms with Crippen LogP contribution >= 0.6 is 34.8 Å². The molecule has 1 heterocycles. The lowest BCUT2D eigenvalue weighted by atomic mass is 10.1. The van der Waals surface area contributed by atoms with Gasteiger partial charge in [-0.25, -0.2) is 0 Å². The molecule has 0 aliphatic carbocycles. The van der Waals surface area contributed by atoms with Gasteiger partial charge in [-0.3, -0.25) is 10.1 Å². The van der Waals surface area contributed by atoms with Crippen molar-refractivity contribution in [3.05, 3.63) is 35.4 Å². The van der Waals surface area contributed by atoms with Gasteiger partial charge in [0.1, 0.15) is 25.3 Å². The van der Waals surface area contributed by atoms with Gasteiger partial charge in [-0.15, -0.1) is 0 Å². The highest BCUT2D eigenvalue weighted by Crippen LogP contribution is 2.28. The fourth-order valence-electron chi connectivity index (χ4n) is 3.00. The predicted octanol–water partition coefficient (Wildman–Crippen LogP) is 2.11. The second-order valence-electron chi connectivity index (χ2n) is 6.09.